The van der Waals surface area contributed by atoms with Crippen LogP contribution in [0.4, 0.5) is 0 Å². The molecule has 2 aromatic rings. The molecular weight excluding hydrogens is 496 g/mol. The minimum absolute atomic E-state index is 0.0563. The van der Waals surface area contributed by atoms with Crippen molar-refractivity contribution in [1.29, 1.82) is 0 Å². The van der Waals surface area contributed by atoms with E-state index >= 15 is 0 Å². The maximum absolute atomic E-state index is 9.94. The van der Waals surface area contributed by atoms with Gasteiger partial charge in [-0.1, -0.05) is 22.0 Å². The number of phenolic OH excluding ortho intramolecular Hbond substituents is 1. The highest BCUT2D eigenvalue weighted by Gasteiger charge is 2.13. The Hall–Kier alpha value is -0.0400. The largest absolute Gasteiger partial charge is 0.503 e. The zero-order valence-electron chi connectivity index (χ0n) is 8.75. The second kappa shape index (κ2) is 5.94. The van der Waals surface area contributed by atoms with Gasteiger partial charge >= 0.3 is 0 Å². The van der Waals surface area contributed by atoms with Crippen LogP contribution in [0.3, 0.4) is 0 Å². The maximum Gasteiger partial charge on any atom is 0.172 e. The molecule has 0 spiro atoms. The average Bonchev–Trinajstić information content (AvgIpc) is 2.30. The Morgan fingerprint density at radius 1 is 0.889 bits per heavy atom. The zero-order chi connectivity index (χ0) is 13.3. The summed E-state index contributed by atoms with van der Waals surface area (Å²) in [4.78, 5) is 0. The Morgan fingerprint density at radius 2 is 1.50 bits per heavy atom. The summed E-state index contributed by atoms with van der Waals surface area (Å²) >= 11 is 13.4. The van der Waals surface area contributed by atoms with Crippen molar-refractivity contribution in [3.05, 3.63) is 48.2 Å². The van der Waals surface area contributed by atoms with Crippen LogP contribution in [0.1, 0.15) is 0 Å². The van der Waals surface area contributed by atoms with Gasteiger partial charge in [0.25, 0.3) is 0 Å². The summed E-state index contributed by atoms with van der Waals surface area (Å²) < 4.78 is 8.70. The first-order valence-electron chi connectivity index (χ1n) is 4.79. The summed E-state index contributed by atoms with van der Waals surface area (Å²) in [5.41, 5.74) is 0. The molecule has 0 aliphatic carbocycles. The molecule has 6 heteroatoms. The van der Waals surface area contributed by atoms with Crippen molar-refractivity contribution >= 4 is 63.7 Å². The van der Waals surface area contributed by atoms with Crippen LogP contribution in [0.25, 0.3) is 0 Å². The highest BCUT2D eigenvalue weighted by atomic mass is 79.9. The lowest BCUT2D eigenvalue weighted by Crippen LogP contribution is -1.88. The van der Waals surface area contributed by atoms with Crippen LogP contribution in [0, 0.1) is 0 Å². The van der Waals surface area contributed by atoms with Crippen molar-refractivity contribution in [3.63, 3.8) is 0 Å². The van der Waals surface area contributed by atoms with E-state index < -0.39 is 0 Å². The lowest BCUT2D eigenvalue weighted by molar-refractivity contribution is 0.406. The molecule has 0 aliphatic rings. The van der Waals surface area contributed by atoms with Gasteiger partial charge < -0.3 is 9.84 Å². The Morgan fingerprint density at radius 3 is 2.11 bits per heavy atom. The first-order chi connectivity index (χ1) is 8.49. The monoisotopic (exact) mass is 498 g/mol. The zero-order valence-corrected chi connectivity index (χ0v) is 15.1. The van der Waals surface area contributed by atoms with E-state index in [0.717, 1.165) is 13.4 Å². The Labute approximate surface area is 138 Å². The smallest absolute Gasteiger partial charge is 0.172 e. The maximum atomic E-state index is 9.94. The lowest BCUT2D eigenvalue weighted by atomic mass is 10.3. The molecule has 0 atom stereocenters. The number of halogens is 4. The Balaban J connectivity index is 2.46. The van der Waals surface area contributed by atoms with Gasteiger partial charge in [0.05, 0.1) is 13.4 Å². The van der Waals surface area contributed by atoms with Crippen molar-refractivity contribution in [2.45, 2.75) is 0 Å². The number of para-hydroxylation sites is 1. The number of ether oxygens (including phenoxy) is 1. The molecule has 0 amide bonds. The molecule has 0 saturated carbocycles. The predicted octanol–water partition coefficient (Wildman–Crippen LogP) is 6.23. The highest BCUT2D eigenvalue weighted by molar-refractivity contribution is 9.11. The molecule has 94 valence electrons. The van der Waals surface area contributed by atoms with E-state index in [1.54, 1.807) is 12.1 Å². The molecular formula is C12H6Br4O2. The van der Waals surface area contributed by atoms with Crippen molar-refractivity contribution in [1.82, 2.24) is 0 Å². The number of rotatable bonds is 2. The molecule has 0 heterocycles. The Bertz CT molecular complexity index is 579. The minimum Gasteiger partial charge on any atom is -0.503 e. The number of phenols is 1. The summed E-state index contributed by atoms with van der Waals surface area (Å²) in [5, 5.41) is 9.94. The fourth-order valence-corrected chi connectivity index (χ4v) is 3.66. The fourth-order valence-electron chi connectivity index (χ4n) is 1.31. The van der Waals surface area contributed by atoms with Crippen molar-refractivity contribution < 1.29 is 9.84 Å². The van der Waals surface area contributed by atoms with E-state index in [4.69, 9.17) is 4.74 Å². The van der Waals surface area contributed by atoms with Gasteiger partial charge in [0.2, 0.25) is 0 Å². The molecule has 0 saturated heterocycles. The van der Waals surface area contributed by atoms with Crippen LogP contribution < -0.4 is 4.74 Å². The third-order valence-corrected chi connectivity index (χ3v) is 4.44. The molecule has 2 aromatic carbocycles. The van der Waals surface area contributed by atoms with Crippen molar-refractivity contribution in [2.24, 2.45) is 0 Å². The van der Waals surface area contributed by atoms with Gasteiger partial charge in [0.1, 0.15) is 0 Å². The van der Waals surface area contributed by atoms with Gasteiger partial charge in [0.15, 0.2) is 17.2 Å². The number of benzene rings is 2. The van der Waals surface area contributed by atoms with E-state index in [9.17, 15) is 5.11 Å². The van der Waals surface area contributed by atoms with Gasteiger partial charge in [-0.05, 0) is 72.1 Å². The summed E-state index contributed by atoms with van der Waals surface area (Å²) in [6, 6.07) is 9.06. The van der Waals surface area contributed by atoms with E-state index in [1.165, 1.54) is 0 Å². The van der Waals surface area contributed by atoms with Gasteiger partial charge in [-0.2, -0.15) is 0 Å². The fraction of sp³-hybridized carbons (Fsp3) is 0. The lowest BCUT2D eigenvalue weighted by Gasteiger charge is -2.12. The SMILES string of the molecule is Oc1c(Br)cc(Br)cc1Oc1c(Br)cccc1Br. The number of hydrogen-bond acceptors (Lipinski definition) is 2. The van der Waals surface area contributed by atoms with Crippen LogP contribution in [-0.2, 0) is 0 Å². The highest BCUT2D eigenvalue weighted by Crippen LogP contribution is 2.43. The molecule has 0 unspecified atom stereocenters. The third kappa shape index (κ3) is 3.10. The molecule has 0 aromatic heterocycles. The second-order valence-electron chi connectivity index (χ2n) is 3.39. The van der Waals surface area contributed by atoms with Crippen LogP contribution in [0.15, 0.2) is 48.2 Å². The average molecular weight is 502 g/mol. The van der Waals surface area contributed by atoms with Crippen LogP contribution in [-0.4, -0.2) is 5.11 Å². The standard InChI is InChI=1S/C12H6Br4O2/c13-6-4-9(16)11(17)10(5-6)18-12-7(14)2-1-3-8(12)15/h1-5,17H. The number of aromatic hydroxyl groups is 1. The summed E-state index contributed by atoms with van der Waals surface area (Å²) in [7, 11) is 0. The topological polar surface area (TPSA) is 29.5 Å². The molecule has 1 N–H and O–H groups in total. The van der Waals surface area contributed by atoms with Gasteiger partial charge in [-0.15, -0.1) is 0 Å². The third-order valence-electron chi connectivity index (χ3n) is 2.12. The van der Waals surface area contributed by atoms with Crippen molar-refractivity contribution in [3.8, 4) is 17.2 Å². The molecule has 18 heavy (non-hydrogen) atoms. The molecule has 0 fully saturated rings. The second-order valence-corrected chi connectivity index (χ2v) is 6.87. The van der Waals surface area contributed by atoms with Crippen molar-refractivity contribution in [2.75, 3.05) is 0 Å². The van der Waals surface area contributed by atoms with Gasteiger partial charge in [-0.25, -0.2) is 0 Å². The van der Waals surface area contributed by atoms with E-state index in [2.05, 4.69) is 63.7 Å². The molecule has 0 bridgehead atoms. The van der Waals surface area contributed by atoms with Crippen LogP contribution >= 0.6 is 63.7 Å². The molecule has 0 radical (unpaired) electrons. The Kier molecular flexibility index (Phi) is 4.75. The molecule has 2 nitrogen and oxygen atoms in total. The summed E-state index contributed by atoms with van der Waals surface area (Å²) in [5.74, 6) is 1.03. The predicted molar refractivity (Wildman–Crippen MR) is 85.4 cm³/mol. The molecule has 2 rings (SSSR count). The molecule has 0 aliphatic heterocycles. The first-order valence-corrected chi connectivity index (χ1v) is 7.96. The van der Waals surface area contributed by atoms with E-state index in [0.29, 0.717) is 16.0 Å². The summed E-state index contributed by atoms with van der Waals surface area (Å²) in [6.45, 7) is 0. The first kappa shape index (κ1) is 14.4. The van der Waals surface area contributed by atoms with Gasteiger partial charge in [0, 0.05) is 4.47 Å². The summed E-state index contributed by atoms with van der Waals surface area (Å²) in [6.07, 6.45) is 0. The van der Waals surface area contributed by atoms with Gasteiger partial charge in [-0.3, -0.25) is 0 Å². The normalized spacial score (nSPS) is 10.4. The van der Waals surface area contributed by atoms with E-state index in [1.807, 2.05) is 18.2 Å². The van der Waals surface area contributed by atoms with Crippen LogP contribution in [0.5, 0.6) is 17.2 Å². The quantitative estimate of drug-likeness (QED) is 0.528. The van der Waals surface area contributed by atoms with Crippen LogP contribution in [0.2, 0.25) is 0 Å². The van der Waals surface area contributed by atoms with E-state index in [-0.39, 0.29) is 5.75 Å². The minimum atomic E-state index is 0.0563. The number of hydrogen-bond donors (Lipinski definition) is 1.